The van der Waals surface area contributed by atoms with E-state index in [1.807, 2.05) is 18.2 Å². The van der Waals surface area contributed by atoms with E-state index in [2.05, 4.69) is 0 Å². The van der Waals surface area contributed by atoms with Gasteiger partial charge in [-0.15, -0.1) is 0 Å². The fourth-order valence-electron chi connectivity index (χ4n) is 2.75. The van der Waals surface area contributed by atoms with Crippen LogP contribution in [-0.4, -0.2) is 45.1 Å². The molecule has 0 spiro atoms. The molecule has 2 aromatic carbocycles. The van der Waals surface area contributed by atoms with E-state index >= 15 is 0 Å². The van der Waals surface area contributed by atoms with Crippen LogP contribution in [0.25, 0.3) is 0 Å². The Balaban J connectivity index is 1.79. The lowest BCUT2D eigenvalue weighted by atomic mass is 10.1. The normalized spacial score (nSPS) is 12.3. The molecule has 0 aliphatic rings. The van der Waals surface area contributed by atoms with E-state index in [0.29, 0.717) is 37.6 Å². The highest BCUT2D eigenvalue weighted by atomic mass is 32.2. The highest BCUT2D eigenvalue weighted by molar-refractivity contribution is 7.86. The van der Waals surface area contributed by atoms with E-state index in [0.717, 1.165) is 23.8 Å². The van der Waals surface area contributed by atoms with Gasteiger partial charge in [-0.3, -0.25) is 0 Å². The SMILES string of the molecule is CCOC(Cc1ccc(OCCCc2cccc(OS(C)(=O)=O)c2)cc1)C(=O)O. The van der Waals surface area contributed by atoms with Crippen molar-refractivity contribution in [1.82, 2.24) is 0 Å². The molecule has 8 heteroatoms. The predicted molar refractivity (Wildman–Crippen MR) is 109 cm³/mol. The number of carboxylic acids is 1. The number of hydrogen-bond donors (Lipinski definition) is 1. The Morgan fingerprint density at radius 3 is 2.41 bits per heavy atom. The van der Waals surface area contributed by atoms with Crippen molar-refractivity contribution in [2.24, 2.45) is 0 Å². The van der Waals surface area contributed by atoms with E-state index < -0.39 is 22.2 Å². The molecule has 0 aliphatic carbocycles. The van der Waals surface area contributed by atoms with Gasteiger partial charge in [0.05, 0.1) is 12.9 Å². The maximum atomic E-state index is 11.2. The number of carboxylic acid groups (broad SMARTS) is 1. The van der Waals surface area contributed by atoms with Gasteiger partial charge in [-0.25, -0.2) is 4.79 Å². The molecule has 0 aromatic heterocycles. The second kappa shape index (κ2) is 10.8. The highest BCUT2D eigenvalue weighted by Crippen LogP contribution is 2.18. The van der Waals surface area contributed by atoms with E-state index in [9.17, 15) is 13.2 Å². The van der Waals surface area contributed by atoms with Gasteiger partial charge in [0.1, 0.15) is 11.5 Å². The summed E-state index contributed by atoms with van der Waals surface area (Å²) in [6.07, 6.45) is 1.92. The number of hydrogen-bond acceptors (Lipinski definition) is 6. The van der Waals surface area contributed by atoms with Crippen molar-refractivity contribution in [3.8, 4) is 11.5 Å². The van der Waals surface area contributed by atoms with E-state index in [1.54, 1.807) is 37.3 Å². The van der Waals surface area contributed by atoms with Crippen molar-refractivity contribution in [1.29, 1.82) is 0 Å². The number of benzene rings is 2. The Hall–Kier alpha value is -2.58. The van der Waals surface area contributed by atoms with Crippen molar-refractivity contribution in [3.63, 3.8) is 0 Å². The van der Waals surface area contributed by atoms with Crippen LogP contribution in [0.15, 0.2) is 48.5 Å². The third-order valence-corrected chi connectivity index (χ3v) is 4.51. The molecule has 1 atom stereocenters. The summed E-state index contributed by atoms with van der Waals surface area (Å²) >= 11 is 0. The van der Waals surface area contributed by atoms with Crippen molar-refractivity contribution >= 4 is 16.1 Å². The smallest absolute Gasteiger partial charge is 0.333 e. The van der Waals surface area contributed by atoms with Crippen LogP contribution in [0.1, 0.15) is 24.5 Å². The Bertz CT molecular complexity index is 892. The fraction of sp³-hybridized carbons (Fsp3) is 0.381. The van der Waals surface area contributed by atoms with Crippen LogP contribution in [0.2, 0.25) is 0 Å². The van der Waals surface area contributed by atoms with Gasteiger partial charge >= 0.3 is 16.1 Å². The summed E-state index contributed by atoms with van der Waals surface area (Å²) in [5.41, 5.74) is 1.82. The van der Waals surface area contributed by atoms with E-state index in [1.165, 1.54) is 0 Å². The molecule has 7 nitrogen and oxygen atoms in total. The first-order valence-electron chi connectivity index (χ1n) is 9.31. The van der Waals surface area contributed by atoms with Crippen LogP contribution in [0.5, 0.6) is 11.5 Å². The first-order chi connectivity index (χ1) is 13.8. The first-order valence-corrected chi connectivity index (χ1v) is 11.1. The van der Waals surface area contributed by atoms with Gasteiger partial charge in [0.15, 0.2) is 6.10 Å². The molecular formula is C21H26O7S. The minimum Gasteiger partial charge on any atom is -0.494 e. The van der Waals surface area contributed by atoms with Crippen LogP contribution in [0.3, 0.4) is 0 Å². The largest absolute Gasteiger partial charge is 0.494 e. The van der Waals surface area contributed by atoms with Crippen molar-refractivity contribution < 1.29 is 32.0 Å². The molecule has 0 aliphatic heterocycles. The van der Waals surface area contributed by atoms with Gasteiger partial charge in [0, 0.05) is 13.0 Å². The highest BCUT2D eigenvalue weighted by Gasteiger charge is 2.17. The van der Waals surface area contributed by atoms with Crippen LogP contribution in [-0.2, 0) is 32.5 Å². The Morgan fingerprint density at radius 1 is 1.07 bits per heavy atom. The third kappa shape index (κ3) is 8.53. The Kier molecular flexibility index (Phi) is 8.48. The summed E-state index contributed by atoms with van der Waals surface area (Å²) in [5.74, 6) is 0.0256. The number of aliphatic carboxylic acids is 1. The predicted octanol–water partition coefficient (Wildman–Crippen LogP) is 3.07. The average molecular weight is 422 g/mol. The molecule has 1 N–H and O–H groups in total. The lowest BCUT2D eigenvalue weighted by molar-refractivity contribution is -0.149. The van der Waals surface area contributed by atoms with Gasteiger partial charge in [-0.05, 0) is 55.2 Å². The molecule has 0 saturated carbocycles. The van der Waals surface area contributed by atoms with Crippen LogP contribution >= 0.6 is 0 Å². The van der Waals surface area contributed by atoms with E-state index in [-0.39, 0.29) is 0 Å². The molecule has 1 unspecified atom stereocenters. The Labute approximate surface area is 171 Å². The maximum Gasteiger partial charge on any atom is 0.333 e. The minimum absolute atomic E-state index is 0.299. The summed E-state index contributed by atoms with van der Waals surface area (Å²) in [5, 5.41) is 9.14. The zero-order chi connectivity index (χ0) is 21.3. The fourth-order valence-corrected chi connectivity index (χ4v) is 3.20. The summed E-state index contributed by atoms with van der Waals surface area (Å²) in [6.45, 7) is 2.61. The molecule has 2 rings (SSSR count). The third-order valence-electron chi connectivity index (χ3n) is 4.01. The Morgan fingerprint density at radius 2 is 1.79 bits per heavy atom. The molecule has 2 aromatic rings. The summed E-state index contributed by atoms with van der Waals surface area (Å²) < 4.78 is 38.2. The molecular weight excluding hydrogens is 396 g/mol. The van der Waals surface area contributed by atoms with Gasteiger partial charge in [-0.2, -0.15) is 8.42 Å². The molecule has 0 bridgehead atoms. The second-order valence-corrected chi connectivity index (χ2v) is 8.09. The van der Waals surface area contributed by atoms with Crippen LogP contribution in [0, 0.1) is 0 Å². The van der Waals surface area contributed by atoms with Gasteiger partial charge < -0.3 is 18.8 Å². The number of carbonyl (C=O) groups is 1. The van der Waals surface area contributed by atoms with Gasteiger partial charge in [0.2, 0.25) is 0 Å². The monoisotopic (exact) mass is 422 g/mol. The maximum absolute atomic E-state index is 11.2. The molecule has 29 heavy (non-hydrogen) atoms. The number of rotatable bonds is 12. The van der Waals surface area contributed by atoms with Crippen molar-refractivity contribution in [2.45, 2.75) is 32.3 Å². The topological polar surface area (TPSA) is 99.1 Å². The minimum atomic E-state index is -3.54. The van der Waals surface area contributed by atoms with Crippen molar-refractivity contribution in [2.75, 3.05) is 19.5 Å². The number of aryl methyl sites for hydroxylation is 1. The first kappa shape index (κ1) is 22.7. The number of ether oxygens (including phenoxy) is 2. The second-order valence-electron chi connectivity index (χ2n) is 6.52. The van der Waals surface area contributed by atoms with Gasteiger partial charge in [0.25, 0.3) is 0 Å². The van der Waals surface area contributed by atoms with Crippen molar-refractivity contribution in [3.05, 3.63) is 59.7 Å². The van der Waals surface area contributed by atoms with E-state index in [4.69, 9.17) is 18.8 Å². The molecule has 0 saturated heterocycles. The quantitative estimate of drug-likeness (QED) is 0.414. The zero-order valence-corrected chi connectivity index (χ0v) is 17.4. The van der Waals surface area contributed by atoms with Crippen LogP contribution < -0.4 is 8.92 Å². The molecule has 0 radical (unpaired) electrons. The molecule has 0 amide bonds. The molecule has 0 fully saturated rings. The lowest BCUT2D eigenvalue weighted by Gasteiger charge is -2.13. The summed E-state index contributed by atoms with van der Waals surface area (Å²) in [7, 11) is -3.54. The summed E-state index contributed by atoms with van der Waals surface area (Å²) in [4.78, 5) is 11.2. The van der Waals surface area contributed by atoms with Gasteiger partial charge in [-0.1, -0.05) is 24.3 Å². The molecule has 0 heterocycles. The zero-order valence-electron chi connectivity index (χ0n) is 16.5. The van der Waals surface area contributed by atoms with Crippen LogP contribution in [0.4, 0.5) is 0 Å². The molecule has 158 valence electrons. The summed E-state index contributed by atoms with van der Waals surface area (Å²) in [6, 6.07) is 14.2. The lowest BCUT2D eigenvalue weighted by Crippen LogP contribution is -2.26. The average Bonchev–Trinajstić information content (AvgIpc) is 2.65. The standard InChI is InChI=1S/C21H26O7S/c1-3-26-20(21(22)23)15-17-9-11-18(12-10-17)27-13-5-7-16-6-4-8-19(14-16)28-29(2,24)25/h4,6,8-12,14,20H,3,5,7,13,15H2,1-2H3,(H,22,23).